The van der Waals surface area contributed by atoms with Gasteiger partial charge >= 0.3 is 0 Å². The molecule has 2 nitrogen and oxygen atoms in total. The second-order valence-corrected chi connectivity index (χ2v) is 14.4. The first-order valence-corrected chi connectivity index (χ1v) is 18.8. The van der Waals surface area contributed by atoms with Crippen LogP contribution >= 0.6 is 0 Å². The van der Waals surface area contributed by atoms with Crippen LogP contribution in [-0.2, 0) is 32.1 Å². The van der Waals surface area contributed by atoms with E-state index in [1.807, 2.05) is 42.5 Å². The number of para-hydroxylation sites is 1. The summed E-state index contributed by atoms with van der Waals surface area (Å²) in [5.74, 6) is 3.41. The molecule has 0 bridgehead atoms. The van der Waals surface area contributed by atoms with Gasteiger partial charge in [-0.15, -0.1) is 0 Å². The lowest BCUT2D eigenvalue weighted by Gasteiger charge is -2.06. The zero-order valence-corrected chi connectivity index (χ0v) is 31.8. The number of aliphatic hydroxyl groups excluding tert-OH is 1. The largest absolute Gasteiger partial charge is 0.490 e. The molecule has 0 spiro atoms. The van der Waals surface area contributed by atoms with Gasteiger partial charge in [0, 0.05) is 6.42 Å². The van der Waals surface area contributed by atoms with Crippen LogP contribution in [0.15, 0.2) is 140 Å². The fourth-order valence-electron chi connectivity index (χ4n) is 6.19. The molecular formula is C48H62O2. The molecule has 1 heterocycles. The fourth-order valence-corrected chi connectivity index (χ4v) is 6.19. The number of hydrogen-bond donors (Lipinski definition) is 1. The fraction of sp³-hybridized carbons (Fsp3) is 0.375. The quantitative estimate of drug-likeness (QED) is 0.195. The molecule has 0 saturated heterocycles. The van der Waals surface area contributed by atoms with Crippen LogP contribution in [0.4, 0.5) is 0 Å². The van der Waals surface area contributed by atoms with Gasteiger partial charge in [-0.05, 0) is 103 Å². The molecule has 0 amide bonds. The predicted molar refractivity (Wildman–Crippen MR) is 215 cm³/mol. The van der Waals surface area contributed by atoms with E-state index in [0.29, 0.717) is 12.0 Å². The van der Waals surface area contributed by atoms with Crippen LogP contribution in [0.5, 0.6) is 5.75 Å². The summed E-state index contributed by atoms with van der Waals surface area (Å²) < 4.78 is 5.51. The first kappa shape index (κ1) is 40.3. The Morgan fingerprint density at radius 1 is 0.560 bits per heavy atom. The monoisotopic (exact) mass is 670 g/mol. The van der Waals surface area contributed by atoms with Crippen LogP contribution in [0.3, 0.4) is 0 Å². The lowest BCUT2D eigenvalue weighted by molar-refractivity contribution is 0.195. The van der Waals surface area contributed by atoms with Crippen LogP contribution in [0, 0.1) is 11.8 Å². The summed E-state index contributed by atoms with van der Waals surface area (Å²) in [4.78, 5) is 0. The molecule has 1 aliphatic heterocycles. The van der Waals surface area contributed by atoms with E-state index in [2.05, 4.69) is 139 Å². The number of benzene rings is 5. The van der Waals surface area contributed by atoms with Gasteiger partial charge in [-0.2, -0.15) is 0 Å². The minimum atomic E-state index is -0.234. The number of fused-ring (bicyclic) bond motifs is 2. The van der Waals surface area contributed by atoms with Crippen molar-refractivity contribution in [3.05, 3.63) is 173 Å². The van der Waals surface area contributed by atoms with Gasteiger partial charge in [0.15, 0.2) is 0 Å². The maximum Gasteiger partial charge on any atom is 0.123 e. The zero-order valence-electron chi connectivity index (χ0n) is 31.8. The molecule has 5 aromatic carbocycles. The summed E-state index contributed by atoms with van der Waals surface area (Å²) in [6, 6.07) is 48.2. The molecule has 3 atom stereocenters. The van der Waals surface area contributed by atoms with Gasteiger partial charge in [0.25, 0.3) is 0 Å². The van der Waals surface area contributed by atoms with E-state index in [0.717, 1.165) is 30.4 Å². The summed E-state index contributed by atoms with van der Waals surface area (Å²) in [6.45, 7) is 15.2. The van der Waals surface area contributed by atoms with Gasteiger partial charge in [0.05, 0.1) is 6.10 Å². The summed E-state index contributed by atoms with van der Waals surface area (Å²) in [7, 11) is 0. The standard InChI is InChI=1S/C10H12.2C10H14.C9H10O.C9H12O/c1-8-6-9-4-2-3-5-10(9)7-8;1-9(2)8-10-6-4-3-5-7-10;1-3-9(2)10-7-5-4-6-8-10;1-7-6-8-4-2-3-5-9(8)10-7;1-8(10)7-9-5-3-2-4-6-9/h2-5,8H,6-7H2,1H3;3-7,9H,8H2,1-2H3;4-9H,3H2,1-2H3;2-5,7H,6H2,1H3;2-6,8,10H,7H2,1H3/t;;9-;7-;8-/m..011/s1. The second kappa shape index (κ2) is 22.6. The summed E-state index contributed by atoms with van der Waals surface area (Å²) in [5, 5.41) is 9.01. The first-order chi connectivity index (χ1) is 24.1. The maximum absolute atomic E-state index is 9.01. The zero-order chi connectivity index (χ0) is 36.1. The molecule has 0 radical (unpaired) electrons. The summed E-state index contributed by atoms with van der Waals surface area (Å²) in [5.41, 5.74) is 8.56. The Hall–Kier alpha value is -4.14. The average Bonchev–Trinajstić information content (AvgIpc) is 3.70. The Balaban J connectivity index is 0.000000169. The smallest absolute Gasteiger partial charge is 0.123 e. The molecule has 0 fully saturated rings. The van der Waals surface area contributed by atoms with E-state index in [-0.39, 0.29) is 6.10 Å². The maximum atomic E-state index is 9.01. The second-order valence-electron chi connectivity index (χ2n) is 14.4. The van der Waals surface area contributed by atoms with E-state index in [9.17, 15) is 0 Å². The predicted octanol–water partition coefficient (Wildman–Crippen LogP) is 12.1. The highest BCUT2D eigenvalue weighted by molar-refractivity contribution is 5.37. The van der Waals surface area contributed by atoms with Crippen molar-refractivity contribution >= 4 is 0 Å². The van der Waals surface area contributed by atoms with Crippen molar-refractivity contribution in [2.24, 2.45) is 11.8 Å². The average molecular weight is 671 g/mol. The molecule has 5 aromatic rings. The van der Waals surface area contributed by atoms with E-state index in [1.54, 1.807) is 18.1 Å². The lowest BCUT2D eigenvalue weighted by atomic mass is 9.99. The Morgan fingerprint density at radius 3 is 1.46 bits per heavy atom. The lowest BCUT2D eigenvalue weighted by Crippen LogP contribution is -2.05. The molecule has 50 heavy (non-hydrogen) atoms. The third-order valence-corrected chi connectivity index (χ3v) is 8.90. The molecule has 2 heteroatoms. The van der Waals surface area contributed by atoms with Crippen LogP contribution in [-0.4, -0.2) is 17.3 Å². The Bertz CT molecular complexity index is 1430. The van der Waals surface area contributed by atoms with Crippen LogP contribution in [0.1, 0.15) is 94.2 Å². The minimum absolute atomic E-state index is 0.234. The highest BCUT2D eigenvalue weighted by Crippen LogP contribution is 2.27. The molecule has 0 unspecified atom stereocenters. The SMILES string of the molecule is CC(C)Cc1ccccc1.CC1Cc2ccccc2C1.CC[C@H](C)c1ccccc1.C[C@@H](O)Cc1ccccc1.C[C@@H]1Cc2ccccc2O1. The minimum Gasteiger partial charge on any atom is -0.490 e. The first-order valence-electron chi connectivity index (χ1n) is 18.8. The van der Waals surface area contributed by atoms with E-state index < -0.39 is 0 Å². The van der Waals surface area contributed by atoms with Gasteiger partial charge in [-0.25, -0.2) is 0 Å². The topological polar surface area (TPSA) is 29.5 Å². The van der Waals surface area contributed by atoms with Crippen molar-refractivity contribution in [2.45, 2.75) is 105 Å². The highest BCUT2D eigenvalue weighted by Gasteiger charge is 2.17. The van der Waals surface area contributed by atoms with Crippen molar-refractivity contribution in [1.82, 2.24) is 0 Å². The summed E-state index contributed by atoms with van der Waals surface area (Å²) in [6.07, 6.45) is 6.95. The number of rotatable bonds is 6. The highest BCUT2D eigenvalue weighted by atomic mass is 16.5. The van der Waals surface area contributed by atoms with Crippen molar-refractivity contribution in [3.8, 4) is 5.75 Å². The molecule has 0 saturated carbocycles. The van der Waals surface area contributed by atoms with Crippen molar-refractivity contribution in [3.63, 3.8) is 0 Å². The van der Waals surface area contributed by atoms with Crippen molar-refractivity contribution in [1.29, 1.82) is 0 Å². The molecular weight excluding hydrogens is 609 g/mol. The molecule has 1 aliphatic carbocycles. The molecule has 1 N–H and O–H groups in total. The third kappa shape index (κ3) is 15.6. The van der Waals surface area contributed by atoms with E-state index in [4.69, 9.17) is 9.84 Å². The van der Waals surface area contributed by atoms with Crippen molar-refractivity contribution in [2.75, 3.05) is 0 Å². The summed E-state index contributed by atoms with van der Waals surface area (Å²) >= 11 is 0. The Morgan fingerprint density at radius 2 is 1.00 bits per heavy atom. The Kier molecular flexibility index (Phi) is 18.2. The van der Waals surface area contributed by atoms with Crippen LogP contribution < -0.4 is 4.74 Å². The van der Waals surface area contributed by atoms with Gasteiger partial charge < -0.3 is 9.84 Å². The van der Waals surface area contributed by atoms with Gasteiger partial charge in [0.2, 0.25) is 0 Å². The van der Waals surface area contributed by atoms with Gasteiger partial charge in [-0.1, -0.05) is 168 Å². The van der Waals surface area contributed by atoms with Gasteiger partial charge in [0.1, 0.15) is 11.9 Å². The number of aliphatic hydroxyl groups is 1. The molecule has 266 valence electrons. The van der Waals surface area contributed by atoms with E-state index in [1.165, 1.54) is 47.9 Å². The third-order valence-electron chi connectivity index (χ3n) is 8.90. The molecule has 0 aromatic heterocycles. The molecule has 7 rings (SSSR count). The Labute approximate surface area is 304 Å². The number of hydrogen-bond acceptors (Lipinski definition) is 2. The normalized spacial score (nSPS) is 15.1. The van der Waals surface area contributed by atoms with Crippen molar-refractivity contribution < 1.29 is 9.84 Å². The number of ether oxygens (including phenoxy) is 1. The van der Waals surface area contributed by atoms with Crippen LogP contribution in [0.25, 0.3) is 0 Å². The van der Waals surface area contributed by atoms with Gasteiger partial charge in [-0.3, -0.25) is 0 Å². The van der Waals surface area contributed by atoms with Crippen LogP contribution in [0.2, 0.25) is 0 Å². The molecule has 2 aliphatic rings. The van der Waals surface area contributed by atoms with E-state index >= 15 is 0 Å².